The summed E-state index contributed by atoms with van der Waals surface area (Å²) in [6.07, 6.45) is 7.89. The van der Waals surface area contributed by atoms with Crippen molar-refractivity contribution in [3.05, 3.63) is 24.3 Å². The maximum Gasteiger partial charge on any atom is 0.133 e. The molecule has 1 aliphatic carbocycles. The summed E-state index contributed by atoms with van der Waals surface area (Å²) >= 11 is 0. The van der Waals surface area contributed by atoms with Crippen LogP contribution >= 0.6 is 0 Å². The van der Waals surface area contributed by atoms with Crippen molar-refractivity contribution < 1.29 is 4.79 Å². The quantitative estimate of drug-likeness (QED) is 0.573. The number of rotatable bonds is 2. The molecule has 1 rings (SSSR count). The summed E-state index contributed by atoms with van der Waals surface area (Å²) in [5.41, 5.74) is 1.06. The van der Waals surface area contributed by atoms with Crippen LogP contribution in [0.4, 0.5) is 0 Å². The number of Topliss-reactive ketones (excluding diaryl/α,β-unsaturated/α-hetero) is 1. The van der Waals surface area contributed by atoms with Crippen LogP contribution in [-0.4, -0.2) is 5.78 Å². The van der Waals surface area contributed by atoms with Crippen LogP contribution in [0.25, 0.3) is 0 Å². The van der Waals surface area contributed by atoms with E-state index >= 15 is 0 Å². The molecule has 66 valence electrons. The van der Waals surface area contributed by atoms with E-state index in [0.29, 0.717) is 11.7 Å². The average Bonchev–Trinajstić information content (AvgIpc) is 2.01. The molecular formula is C11H16O. The molecule has 1 nitrogen and oxygen atoms in total. The maximum absolute atomic E-state index is 11.1. The molecule has 0 aromatic carbocycles. The molecule has 12 heavy (non-hydrogen) atoms. The zero-order valence-electron chi connectivity index (χ0n) is 7.68. The van der Waals surface area contributed by atoms with Gasteiger partial charge in [0.2, 0.25) is 0 Å². The van der Waals surface area contributed by atoms with Gasteiger partial charge in [-0.3, -0.25) is 4.79 Å². The summed E-state index contributed by atoms with van der Waals surface area (Å²) < 4.78 is 0. The molecule has 0 saturated heterocycles. The number of allylic oxidation sites excluding steroid dienone is 3. The smallest absolute Gasteiger partial charge is 0.133 e. The minimum atomic E-state index is 0.414. The van der Waals surface area contributed by atoms with Gasteiger partial charge in [-0.15, -0.1) is 0 Å². The van der Waals surface area contributed by atoms with Crippen LogP contribution in [0.5, 0.6) is 0 Å². The molecule has 0 bridgehead atoms. The molecule has 1 fully saturated rings. The highest BCUT2D eigenvalue weighted by Gasteiger charge is 2.16. The van der Waals surface area contributed by atoms with Gasteiger partial charge in [0.05, 0.1) is 0 Å². The van der Waals surface area contributed by atoms with Crippen LogP contribution < -0.4 is 0 Å². The van der Waals surface area contributed by atoms with Crippen LogP contribution in [0.1, 0.15) is 32.6 Å². The summed E-state index contributed by atoms with van der Waals surface area (Å²) in [5.74, 6) is 0.889. The van der Waals surface area contributed by atoms with E-state index < -0.39 is 0 Å². The Hall–Kier alpha value is -0.850. The Morgan fingerprint density at radius 3 is 3.00 bits per heavy atom. The van der Waals surface area contributed by atoms with Crippen molar-refractivity contribution in [2.75, 3.05) is 0 Å². The van der Waals surface area contributed by atoms with Crippen LogP contribution in [0.3, 0.4) is 0 Å². The van der Waals surface area contributed by atoms with Gasteiger partial charge in [-0.2, -0.15) is 0 Å². The minimum Gasteiger partial charge on any atom is -0.300 e. The zero-order chi connectivity index (χ0) is 8.97. The van der Waals surface area contributed by atoms with E-state index in [-0.39, 0.29) is 0 Å². The second-order valence-electron chi connectivity index (χ2n) is 3.60. The summed E-state index contributed by atoms with van der Waals surface area (Å²) in [7, 11) is 0. The lowest BCUT2D eigenvalue weighted by Crippen LogP contribution is -2.12. The molecule has 0 unspecified atom stereocenters. The molecule has 0 N–H and O–H groups in total. The van der Waals surface area contributed by atoms with E-state index in [1.807, 2.05) is 13.0 Å². The molecule has 1 aliphatic rings. The molecule has 0 heterocycles. The summed E-state index contributed by atoms with van der Waals surface area (Å²) in [6.45, 7) is 5.76. The van der Waals surface area contributed by atoms with E-state index in [2.05, 4.69) is 12.7 Å². The third-order valence-corrected chi connectivity index (χ3v) is 2.17. The van der Waals surface area contributed by atoms with Crippen molar-refractivity contribution in [3.8, 4) is 0 Å². The maximum atomic E-state index is 11.1. The third-order valence-electron chi connectivity index (χ3n) is 2.17. The van der Waals surface area contributed by atoms with Crippen LogP contribution in [0.15, 0.2) is 24.3 Å². The van der Waals surface area contributed by atoms with Gasteiger partial charge in [-0.1, -0.05) is 24.3 Å². The lowest BCUT2D eigenvalue weighted by Gasteiger charge is -2.16. The van der Waals surface area contributed by atoms with E-state index in [9.17, 15) is 4.79 Å². The second-order valence-corrected chi connectivity index (χ2v) is 3.60. The first-order valence-electron chi connectivity index (χ1n) is 4.54. The Morgan fingerprint density at radius 2 is 2.42 bits per heavy atom. The molecule has 0 amide bonds. The van der Waals surface area contributed by atoms with Crippen molar-refractivity contribution in [1.82, 2.24) is 0 Å². The largest absolute Gasteiger partial charge is 0.300 e. The number of carbonyl (C=O) groups is 1. The minimum absolute atomic E-state index is 0.414. The topological polar surface area (TPSA) is 17.1 Å². The van der Waals surface area contributed by atoms with E-state index in [0.717, 1.165) is 31.3 Å². The molecule has 1 heteroatoms. The number of carbonyl (C=O) groups excluding carboxylic acids is 1. The Kier molecular flexibility index (Phi) is 3.27. The molecule has 1 atom stereocenters. The summed E-state index contributed by atoms with van der Waals surface area (Å²) in [5, 5.41) is 0. The SMILES string of the molecule is C=C(C)/C=C/[C@H]1CCCC(=O)C1. The van der Waals surface area contributed by atoms with Crippen molar-refractivity contribution in [1.29, 1.82) is 0 Å². The Balaban J connectivity index is 2.41. The Labute approximate surface area is 74.2 Å². The number of ketones is 1. The fraction of sp³-hybridized carbons (Fsp3) is 0.545. The molecular weight excluding hydrogens is 148 g/mol. The van der Waals surface area contributed by atoms with Crippen LogP contribution in [0.2, 0.25) is 0 Å². The molecule has 1 saturated carbocycles. The molecule has 0 aromatic rings. The standard InChI is InChI=1S/C11H16O/c1-9(2)6-7-10-4-3-5-11(12)8-10/h6-7,10H,1,3-5,8H2,2H3/b7-6+/t10-/m1/s1. The monoisotopic (exact) mass is 164 g/mol. The highest BCUT2D eigenvalue weighted by Crippen LogP contribution is 2.22. The van der Waals surface area contributed by atoms with Crippen LogP contribution in [0, 0.1) is 5.92 Å². The second kappa shape index (κ2) is 4.24. The van der Waals surface area contributed by atoms with Gasteiger partial charge in [-0.25, -0.2) is 0 Å². The molecule has 0 aromatic heterocycles. The number of hydrogen-bond acceptors (Lipinski definition) is 1. The predicted octanol–water partition coefficient (Wildman–Crippen LogP) is 2.88. The van der Waals surface area contributed by atoms with Gasteiger partial charge < -0.3 is 0 Å². The molecule has 0 aliphatic heterocycles. The fourth-order valence-corrected chi connectivity index (χ4v) is 1.52. The van der Waals surface area contributed by atoms with Gasteiger partial charge in [0.1, 0.15) is 5.78 Å². The lowest BCUT2D eigenvalue weighted by molar-refractivity contribution is -0.121. The summed E-state index contributed by atoms with van der Waals surface area (Å²) in [6, 6.07) is 0. The summed E-state index contributed by atoms with van der Waals surface area (Å²) in [4.78, 5) is 11.1. The van der Waals surface area contributed by atoms with Crippen molar-refractivity contribution in [2.45, 2.75) is 32.6 Å². The lowest BCUT2D eigenvalue weighted by atomic mass is 9.88. The van der Waals surface area contributed by atoms with E-state index in [4.69, 9.17) is 0 Å². The highest BCUT2D eigenvalue weighted by atomic mass is 16.1. The van der Waals surface area contributed by atoms with Gasteiger partial charge in [-0.05, 0) is 25.7 Å². The van der Waals surface area contributed by atoms with Gasteiger partial charge >= 0.3 is 0 Å². The third kappa shape index (κ3) is 3.04. The first-order valence-corrected chi connectivity index (χ1v) is 4.54. The first-order chi connectivity index (χ1) is 5.68. The van der Waals surface area contributed by atoms with Crippen LogP contribution in [-0.2, 0) is 4.79 Å². The predicted molar refractivity (Wildman–Crippen MR) is 50.9 cm³/mol. The highest BCUT2D eigenvalue weighted by molar-refractivity contribution is 5.79. The van der Waals surface area contributed by atoms with Gasteiger partial charge in [0.25, 0.3) is 0 Å². The van der Waals surface area contributed by atoms with Crippen molar-refractivity contribution in [2.24, 2.45) is 5.92 Å². The van der Waals surface area contributed by atoms with Gasteiger partial charge in [0, 0.05) is 12.8 Å². The van der Waals surface area contributed by atoms with Crippen molar-refractivity contribution >= 4 is 5.78 Å². The van der Waals surface area contributed by atoms with E-state index in [1.54, 1.807) is 0 Å². The Bertz CT molecular complexity index is 213. The number of hydrogen-bond donors (Lipinski definition) is 0. The average molecular weight is 164 g/mol. The van der Waals surface area contributed by atoms with E-state index in [1.165, 1.54) is 0 Å². The van der Waals surface area contributed by atoms with Crippen molar-refractivity contribution in [3.63, 3.8) is 0 Å². The fourth-order valence-electron chi connectivity index (χ4n) is 1.52. The molecule has 0 spiro atoms. The first kappa shape index (κ1) is 9.24. The van der Waals surface area contributed by atoms with Gasteiger partial charge in [0.15, 0.2) is 0 Å². The zero-order valence-corrected chi connectivity index (χ0v) is 7.68. The Morgan fingerprint density at radius 1 is 1.67 bits per heavy atom. The molecule has 0 radical (unpaired) electrons. The normalized spacial score (nSPS) is 24.8.